The average Bonchev–Trinajstić information content (AvgIpc) is 2.67. The Morgan fingerprint density at radius 3 is 3.00 bits per heavy atom. The lowest BCUT2D eigenvalue weighted by Crippen LogP contribution is -2.26. The Hall–Kier alpha value is -1.13. The van der Waals surface area contributed by atoms with Crippen molar-refractivity contribution in [3.63, 3.8) is 0 Å². The van der Waals surface area contributed by atoms with E-state index in [0.29, 0.717) is 17.9 Å². The molecule has 1 heterocycles. The van der Waals surface area contributed by atoms with E-state index < -0.39 is 0 Å². The summed E-state index contributed by atoms with van der Waals surface area (Å²) in [7, 11) is 1.48. The van der Waals surface area contributed by atoms with Crippen molar-refractivity contribution in [1.29, 1.82) is 0 Å². The molecule has 0 aliphatic carbocycles. The van der Waals surface area contributed by atoms with Crippen molar-refractivity contribution in [1.82, 2.24) is 4.90 Å². The first-order chi connectivity index (χ1) is 7.70. The second-order valence-corrected chi connectivity index (χ2v) is 4.22. The Morgan fingerprint density at radius 1 is 1.56 bits per heavy atom. The highest BCUT2D eigenvalue weighted by Crippen LogP contribution is 2.22. The highest BCUT2D eigenvalue weighted by Gasteiger charge is 2.20. The monoisotopic (exact) mass is 224 g/mol. The fraction of sp³-hybridized carbons (Fsp3) is 0.500. The lowest BCUT2D eigenvalue weighted by molar-refractivity contribution is 0.316. The molecular formula is C12H17FN2O. The Kier molecular flexibility index (Phi) is 3.41. The molecule has 1 aromatic carbocycles. The predicted octanol–water partition coefficient (Wildman–Crippen LogP) is 1.37. The Bertz CT molecular complexity index is 370. The van der Waals surface area contributed by atoms with E-state index in [-0.39, 0.29) is 11.9 Å². The molecule has 0 bridgehead atoms. The Morgan fingerprint density at radius 2 is 2.38 bits per heavy atom. The lowest BCUT2D eigenvalue weighted by atomic mass is 10.2. The van der Waals surface area contributed by atoms with Crippen LogP contribution in [0.3, 0.4) is 0 Å². The number of nitrogens with zero attached hydrogens (tertiary/aromatic N) is 1. The average molecular weight is 224 g/mol. The number of likely N-dealkylation sites (tertiary alicyclic amines) is 1. The number of ether oxygens (including phenoxy) is 1. The minimum absolute atomic E-state index is 0.230. The zero-order valence-electron chi connectivity index (χ0n) is 9.45. The van der Waals surface area contributed by atoms with Gasteiger partial charge < -0.3 is 10.5 Å². The van der Waals surface area contributed by atoms with Crippen LogP contribution in [0.5, 0.6) is 5.75 Å². The topological polar surface area (TPSA) is 38.5 Å². The molecule has 1 aliphatic heterocycles. The molecule has 0 unspecified atom stereocenters. The van der Waals surface area contributed by atoms with Crippen LogP contribution in [0.15, 0.2) is 18.2 Å². The van der Waals surface area contributed by atoms with E-state index in [9.17, 15) is 4.39 Å². The summed E-state index contributed by atoms with van der Waals surface area (Å²) in [6, 6.07) is 5.47. The van der Waals surface area contributed by atoms with Gasteiger partial charge in [0, 0.05) is 31.2 Å². The van der Waals surface area contributed by atoms with Gasteiger partial charge in [-0.2, -0.15) is 0 Å². The fourth-order valence-electron chi connectivity index (χ4n) is 2.08. The van der Waals surface area contributed by atoms with Crippen LogP contribution in [0.4, 0.5) is 4.39 Å². The highest BCUT2D eigenvalue weighted by molar-refractivity contribution is 5.31. The van der Waals surface area contributed by atoms with E-state index in [0.717, 1.165) is 19.5 Å². The Balaban J connectivity index is 2.09. The zero-order chi connectivity index (χ0) is 11.5. The van der Waals surface area contributed by atoms with Crippen LogP contribution >= 0.6 is 0 Å². The van der Waals surface area contributed by atoms with Gasteiger partial charge in [-0.15, -0.1) is 0 Å². The number of benzene rings is 1. The second-order valence-electron chi connectivity index (χ2n) is 4.22. The van der Waals surface area contributed by atoms with E-state index in [4.69, 9.17) is 10.5 Å². The van der Waals surface area contributed by atoms with Gasteiger partial charge in [0.05, 0.1) is 7.11 Å². The maximum atomic E-state index is 13.8. The summed E-state index contributed by atoms with van der Waals surface area (Å²) >= 11 is 0. The molecule has 16 heavy (non-hydrogen) atoms. The second kappa shape index (κ2) is 4.80. The SMILES string of the molecule is COc1cccc(CN2CC[C@@H](N)C2)c1F. The van der Waals surface area contributed by atoms with Crippen LogP contribution in [0.25, 0.3) is 0 Å². The molecule has 0 spiro atoms. The summed E-state index contributed by atoms with van der Waals surface area (Å²) in [5, 5.41) is 0. The first-order valence-corrected chi connectivity index (χ1v) is 5.50. The Labute approximate surface area is 95.0 Å². The van der Waals surface area contributed by atoms with Gasteiger partial charge in [0.25, 0.3) is 0 Å². The van der Waals surface area contributed by atoms with Crippen LogP contribution in [0, 0.1) is 5.82 Å². The maximum Gasteiger partial charge on any atom is 0.169 e. The van der Waals surface area contributed by atoms with Gasteiger partial charge in [0.15, 0.2) is 11.6 Å². The first kappa shape index (κ1) is 11.4. The quantitative estimate of drug-likeness (QED) is 0.842. The minimum Gasteiger partial charge on any atom is -0.494 e. The van der Waals surface area contributed by atoms with Crippen LogP contribution in [-0.4, -0.2) is 31.1 Å². The molecule has 2 rings (SSSR count). The highest BCUT2D eigenvalue weighted by atomic mass is 19.1. The molecular weight excluding hydrogens is 207 g/mol. The smallest absolute Gasteiger partial charge is 0.169 e. The molecule has 1 atom stereocenters. The summed E-state index contributed by atoms with van der Waals surface area (Å²) in [5.41, 5.74) is 6.49. The summed E-state index contributed by atoms with van der Waals surface area (Å²) in [5.74, 6) is 0.0477. The van der Waals surface area contributed by atoms with Gasteiger partial charge >= 0.3 is 0 Å². The molecule has 0 amide bonds. The standard InChI is InChI=1S/C12H17FN2O/c1-16-11-4-2-3-9(12(11)13)7-15-6-5-10(14)8-15/h2-4,10H,5-8,14H2,1H3/t10-/m1/s1. The van der Waals surface area contributed by atoms with Crippen molar-refractivity contribution in [2.75, 3.05) is 20.2 Å². The zero-order valence-corrected chi connectivity index (χ0v) is 9.45. The molecule has 1 aromatic rings. The van der Waals surface area contributed by atoms with Gasteiger partial charge in [0.1, 0.15) is 0 Å². The molecule has 0 radical (unpaired) electrons. The van der Waals surface area contributed by atoms with Crippen molar-refractivity contribution < 1.29 is 9.13 Å². The van der Waals surface area contributed by atoms with Crippen LogP contribution in [-0.2, 0) is 6.54 Å². The molecule has 4 heteroatoms. The van der Waals surface area contributed by atoms with E-state index in [1.54, 1.807) is 12.1 Å². The molecule has 2 N–H and O–H groups in total. The van der Waals surface area contributed by atoms with Crippen molar-refractivity contribution in [3.05, 3.63) is 29.6 Å². The molecule has 1 saturated heterocycles. The summed E-state index contributed by atoms with van der Waals surface area (Å²) in [4.78, 5) is 2.17. The summed E-state index contributed by atoms with van der Waals surface area (Å²) in [6.07, 6.45) is 0.992. The number of hydrogen-bond acceptors (Lipinski definition) is 3. The van der Waals surface area contributed by atoms with Gasteiger partial charge in [0.2, 0.25) is 0 Å². The van der Waals surface area contributed by atoms with Gasteiger partial charge in [-0.25, -0.2) is 4.39 Å². The van der Waals surface area contributed by atoms with Gasteiger partial charge in [-0.05, 0) is 12.5 Å². The van der Waals surface area contributed by atoms with Crippen molar-refractivity contribution >= 4 is 0 Å². The van der Waals surface area contributed by atoms with Crippen molar-refractivity contribution in [2.24, 2.45) is 5.73 Å². The third-order valence-corrected chi connectivity index (χ3v) is 2.97. The van der Waals surface area contributed by atoms with E-state index in [2.05, 4.69) is 4.90 Å². The lowest BCUT2D eigenvalue weighted by Gasteiger charge is -2.16. The largest absolute Gasteiger partial charge is 0.494 e. The van der Waals surface area contributed by atoms with E-state index >= 15 is 0 Å². The van der Waals surface area contributed by atoms with Gasteiger partial charge in [-0.3, -0.25) is 4.90 Å². The molecule has 1 aliphatic rings. The predicted molar refractivity (Wildman–Crippen MR) is 60.8 cm³/mol. The first-order valence-electron chi connectivity index (χ1n) is 5.50. The van der Waals surface area contributed by atoms with Crippen molar-refractivity contribution in [2.45, 2.75) is 19.0 Å². The van der Waals surface area contributed by atoms with Crippen LogP contribution in [0.1, 0.15) is 12.0 Å². The number of rotatable bonds is 3. The maximum absolute atomic E-state index is 13.8. The van der Waals surface area contributed by atoms with Crippen LogP contribution in [0.2, 0.25) is 0 Å². The molecule has 0 saturated carbocycles. The summed E-state index contributed by atoms with van der Waals surface area (Å²) < 4.78 is 18.8. The molecule has 3 nitrogen and oxygen atoms in total. The fourth-order valence-corrected chi connectivity index (χ4v) is 2.08. The van der Waals surface area contributed by atoms with Gasteiger partial charge in [-0.1, -0.05) is 12.1 Å². The third kappa shape index (κ3) is 2.33. The van der Waals surface area contributed by atoms with Crippen LogP contribution < -0.4 is 10.5 Å². The minimum atomic E-state index is -0.259. The number of methoxy groups -OCH3 is 1. The van der Waals surface area contributed by atoms with E-state index in [1.807, 2.05) is 6.07 Å². The number of halogens is 1. The molecule has 1 fully saturated rings. The van der Waals surface area contributed by atoms with E-state index in [1.165, 1.54) is 7.11 Å². The third-order valence-electron chi connectivity index (χ3n) is 2.97. The number of nitrogens with two attached hydrogens (primary N) is 1. The normalized spacial score (nSPS) is 21.3. The molecule has 88 valence electrons. The summed E-state index contributed by atoms with van der Waals surface area (Å²) in [6.45, 7) is 2.39. The van der Waals surface area contributed by atoms with Crippen molar-refractivity contribution in [3.8, 4) is 5.75 Å². The number of hydrogen-bond donors (Lipinski definition) is 1. The molecule has 0 aromatic heterocycles.